The highest BCUT2D eigenvalue weighted by atomic mass is 28.4. The van der Waals surface area contributed by atoms with Crippen molar-refractivity contribution in [3.63, 3.8) is 0 Å². The van der Waals surface area contributed by atoms with Crippen LogP contribution in [-0.4, -0.2) is 32.9 Å². The van der Waals surface area contributed by atoms with Gasteiger partial charge in [0.1, 0.15) is 0 Å². The third-order valence-corrected chi connectivity index (χ3v) is 9.48. The Balaban J connectivity index is 2.55. The number of hydrogen-bond acceptors (Lipinski definition) is 2. The highest BCUT2D eigenvalue weighted by Gasteiger charge is 2.37. The Labute approximate surface area is 127 Å². The lowest BCUT2D eigenvalue weighted by molar-refractivity contribution is 0.221. The second kappa shape index (κ2) is 7.12. The van der Waals surface area contributed by atoms with E-state index in [1.165, 1.54) is 25.9 Å². The fraction of sp³-hybridized carbons (Fsp3) is 0.882. The largest absolute Gasteiger partial charge is 0.416 e. The molecule has 3 heteroatoms. The van der Waals surface area contributed by atoms with Crippen LogP contribution >= 0.6 is 0 Å². The Morgan fingerprint density at radius 1 is 1.15 bits per heavy atom. The van der Waals surface area contributed by atoms with Crippen molar-refractivity contribution in [2.45, 2.75) is 65.6 Å². The molecule has 1 fully saturated rings. The summed E-state index contributed by atoms with van der Waals surface area (Å²) in [6.07, 6.45) is 7.38. The Hall–Kier alpha value is -0.283. The number of likely N-dealkylation sites (tertiary alicyclic amines) is 1. The van der Waals surface area contributed by atoms with Crippen molar-refractivity contribution < 1.29 is 4.43 Å². The van der Waals surface area contributed by atoms with Gasteiger partial charge in [0.05, 0.1) is 0 Å². The maximum absolute atomic E-state index is 6.40. The Morgan fingerprint density at radius 2 is 1.70 bits per heavy atom. The van der Waals surface area contributed by atoms with E-state index in [4.69, 9.17) is 4.43 Å². The zero-order valence-electron chi connectivity index (χ0n) is 14.7. The highest BCUT2D eigenvalue weighted by Crippen LogP contribution is 2.37. The summed E-state index contributed by atoms with van der Waals surface area (Å²) >= 11 is 0. The molecule has 0 aromatic heterocycles. The normalized spacial score (nSPS) is 19.3. The van der Waals surface area contributed by atoms with E-state index in [2.05, 4.69) is 64.9 Å². The van der Waals surface area contributed by atoms with Gasteiger partial charge in [0.2, 0.25) is 0 Å². The summed E-state index contributed by atoms with van der Waals surface area (Å²) in [5.74, 6) is 1.17. The molecule has 0 bridgehead atoms. The minimum atomic E-state index is -1.62. The average Bonchev–Trinajstić information content (AvgIpc) is 2.79. The van der Waals surface area contributed by atoms with Crippen molar-refractivity contribution in [1.29, 1.82) is 0 Å². The summed E-state index contributed by atoms with van der Waals surface area (Å²) in [7, 11) is -1.62. The summed E-state index contributed by atoms with van der Waals surface area (Å²) in [5.41, 5.74) is 0. The molecule has 2 nitrogen and oxygen atoms in total. The van der Waals surface area contributed by atoms with E-state index in [1.54, 1.807) is 0 Å². The molecule has 0 N–H and O–H groups in total. The van der Waals surface area contributed by atoms with E-state index < -0.39 is 8.32 Å². The molecule has 1 atom stereocenters. The number of rotatable bonds is 6. The standard InChI is InChI=1S/C17H35NOSi/c1-15(2)16(10-13-18-11-8-9-12-18)14-19-20(6,7)17(3,4)5/h10,13,15-16H,8-9,11-12,14H2,1-7H3/b13-10+. The first-order valence-corrected chi connectivity index (χ1v) is 11.1. The fourth-order valence-corrected chi connectivity index (χ4v) is 3.16. The van der Waals surface area contributed by atoms with Gasteiger partial charge in [-0.1, -0.05) is 40.7 Å². The van der Waals surface area contributed by atoms with Crippen molar-refractivity contribution >= 4 is 8.32 Å². The summed E-state index contributed by atoms with van der Waals surface area (Å²) in [4.78, 5) is 2.45. The maximum Gasteiger partial charge on any atom is 0.192 e. The number of nitrogens with zero attached hydrogens (tertiary/aromatic N) is 1. The summed E-state index contributed by atoms with van der Waals surface area (Å²) in [6.45, 7) is 19.5. The van der Waals surface area contributed by atoms with Crippen LogP contribution in [0.2, 0.25) is 18.1 Å². The van der Waals surface area contributed by atoms with Crippen LogP contribution in [0, 0.1) is 11.8 Å². The van der Waals surface area contributed by atoms with Gasteiger partial charge >= 0.3 is 0 Å². The molecule has 1 saturated heterocycles. The maximum atomic E-state index is 6.40. The zero-order chi connectivity index (χ0) is 15.4. The first-order chi connectivity index (χ1) is 9.13. The fourth-order valence-electron chi connectivity index (χ4n) is 2.11. The molecule has 0 amide bonds. The molecule has 1 aliphatic heterocycles. The van der Waals surface area contributed by atoms with Gasteiger partial charge in [0.25, 0.3) is 0 Å². The molecule has 1 aliphatic rings. The molecular formula is C17H35NOSi. The van der Waals surface area contributed by atoms with Gasteiger partial charge in [-0.2, -0.15) is 0 Å². The summed E-state index contributed by atoms with van der Waals surface area (Å²) in [5, 5.41) is 0.299. The lowest BCUT2D eigenvalue weighted by Crippen LogP contribution is -2.42. The molecule has 1 heterocycles. The lowest BCUT2D eigenvalue weighted by Gasteiger charge is -2.37. The van der Waals surface area contributed by atoms with Gasteiger partial charge in [0, 0.05) is 25.6 Å². The van der Waals surface area contributed by atoms with Crippen LogP contribution in [0.1, 0.15) is 47.5 Å². The van der Waals surface area contributed by atoms with Crippen LogP contribution in [-0.2, 0) is 4.43 Å². The van der Waals surface area contributed by atoms with Gasteiger partial charge in [0.15, 0.2) is 8.32 Å². The molecule has 1 unspecified atom stereocenters. The predicted octanol–water partition coefficient (Wildman–Crippen LogP) is 4.89. The molecule has 0 spiro atoms. The third-order valence-electron chi connectivity index (χ3n) is 4.98. The van der Waals surface area contributed by atoms with Crippen LogP contribution < -0.4 is 0 Å². The molecule has 118 valence electrons. The van der Waals surface area contributed by atoms with Crippen LogP contribution in [0.15, 0.2) is 12.3 Å². The van der Waals surface area contributed by atoms with Crippen LogP contribution in [0.4, 0.5) is 0 Å². The molecule has 0 saturated carbocycles. The molecule has 0 aromatic rings. The monoisotopic (exact) mass is 297 g/mol. The van der Waals surface area contributed by atoms with E-state index in [9.17, 15) is 0 Å². The minimum absolute atomic E-state index is 0.299. The van der Waals surface area contributed by atoms with Crippen LogP contribution in [0.25, 0.3) is 0 Å². The minimum Gasteiger partial charge on any atom is -0.416 e. The number of hydrogen-bond donors (Lipinski definition) is 0. The van der Waals surface area contributed by atoms with Gasteiger partial charge in [-0.3, -0.25) is 0 Å². The van der Waals surface area contributed by atoms with Gasteiger partial charge in [-0.15, -0.1) is 0 Å². The second-order valence-corrected chi connectivity index (χ2v) is 12.9. The zero-order valence-corrected chi connectivity index (χ0v) is 15.7. The molecule has 0 aromatic carbocycles. The lowest BCUT2D eigenvalue weighted by atomic mass is 9.97. The molecular weight excluding hydrogens is 262 g/mol. The first kappa shape index (κ1) is 17.8. The molecule has 20 heavy (non-hydrogen) atoms. The van der Waals surface area contributed by atoms with E-state index in [0.29, 0.717) is 16.9 Å². The first-order valence-electron chi connectivity index (χ1n) is 8.20. The summed E-state index contributed by atoms with van der Waals surface area (Å²) in [6, 6.07) is 0. The van der Waals surface area contributed by atoms with Gasteiger partial charge < -0.3 is 9.33 Å². The van der Waals surface area contributed by atoms with Crippen molar-refractivity contribution in [2.75, 3.05) is 19.7 Å². The quantitative estimate of drug-likeness (QED) is 0.647. The average molecular weight is 298 g/mol. The summed E-state index contributed by atoms with van der Waals surface area (Å²) < 4.78 is 6.40. The Morgan fingerprint density at radius 3 is 2.15 bits per heavy atom. The van der Waals surface area contributed by atoms with E-state index in [0.717, 1.165) is 6.61 Å². The Bertz CT molecular complexity index is 311. The van der Waals surface area contributed by atoms with Crippen molar-refractivity contribution in [1.82, 2.24) is 4.90 Å². The molecule has 0 aliphatic carbocycles. The SMILES string of the molecule is CC(C)C(/C=C/N1CCCC1)CO[Si](C)(C)C(C)(C)C. The molecule has 0 radical (unpaired) electrons. The van der Waals surface area contributed by atoms with Crippen molar-refractivity contribution in [3.05, 3.63) is 12.3 Å². The van der Waals surface area contributed by atoms with Gasteiger partial charge in [-0.05, 0) is 43.1 Å². The highest BCUT2D eigenvalue weighted by molar-refractivity contribution is 6.74. The predicted molar refractivity (Wildman–Crippen MR) is 91.4 cm³/mol. The van der Waals surface area contributed by atoms with E-state index in [-0.39, 0.29) is 0 Å². The Kier molecular flexibility index (Phi) is 6.33. The van der Waals surface area contributed by atoms with Crippen LogP contribution in [0.3, 0.4) is 0 Å². The van der Waals surface area contributed by atoms with Gasteiger partial charge in [-0.25, -0.2) is 0 Å². The molecule has 1 rings (SSSR count). The second-order valence-electron chi connectivity index (χ2n) is 8.06. The van der Waals surface area contributed by atoms with E-state index in [1.807, 2.05) is 0 Å². The third kappa shape index (κ3) is 5.25. The van der Waals surface area contributed by atoms with Crippen molar-refractivity contribution in [2.24, 2.45) is 11.8 Å². The van der Waals surface area contributed by atoms with Crippen LogP contribution in [0.5, 0.6) is 0 Å². The smallest absolute Gasteiger partial charge is 0.192 e. The van der Waals surface area contributed by atoms with E-state index >= 15 is 0 Å². The van der Waals surface area contributed by atoms with Crippen molar-refractivity contribution in [3.8, 4) is 0 Å². The topological polar surface area (TPSA) is 12.5 Å².